The van der Waals surface area contributed by atoms with Crippen molar-refractivity contribution in [2.24, 2.45) is 0 Å². The zero-order valence-corrected chi connectivity index (χ0v) is 17.6. The molecule has 0 unspecified atom stereocenters. The summed E-state index contributed by atoms with van der Waals surface area (Å²) in [6, 6.07) is 9.98. The van der Waals surface area contributed by atoms with Crippen molar-refractivity contribution in [3.63, 3.8) is 0 Å². The van der Waals surface area contributed by atoms with Gasteiger partial charge in [-0.3, -0.25) is 9.00 Å². The third-order valence-electron chi connectivity index (χ3n) is 4.59. The zero-order chi connectivity index (χ0) is 20.8. The first-order valence-electron chi connectivity index (χ1n) is 9.41. The molecular weight excluding hydrogens is 416 g/mol. The summed E-state index contributed by atoms with van der Waals surface area (Å²) >= 11 is 5.84. The van der Waals surface area contributed by atoms with E-state index in [-0.39, 0.29) is 29.6 Å². The second-order valence-corrected chi connectivity index (χ2v) is 8.53. The van der Waals surface area contributed by atoms with Crippen LogP contribution in [0.2, 0.25) is 5.02 Å². The van der Waals surface area contributed by atoms with Crippen molar-refractivity contribution in [1.82, 2.24) is 10.2 Å². The van der Waals surface area contributed by atoms with Crippen LogP contribution in [-0.2, 0) is 21.3 Å². The Bertz CT molecular complexity index is 875. The minimum atomic E-state index is -1.29. The van der Waals surface area contributed by atoms with Crippen molar-refractivity contribution in [2.45, 2.75) is 36.5 Å². The molecule has 1 aromatic heterocycles. The van der Waals surface area contributed by atoms with Crippen LogP contribution in [0.5, 0.6) is 0 Å². The molecule has 0 aliphatic carbocycles. The van der Waals surface area contributed by atoms with Gasteiger partial charge in [0.25, 0.3) is 5.91 Å². The Balaban J connectivity index is 1.50. The highest BCUT2D eigenvalue weighted by Crippen LogP contribution is 2.18. The monoisotopic (exact) mass is 438 g/mol. The molecule has 1 aliphatic heterocycles. The third kappa shape index (κ3) is 5.83. The molecule has 9 heteroatoms. The number of carbonyl (C=O) groups excluding carboxylic acids is 2. The molecule has 2 aromatic rings. The Kier molecular flexibility index (Phi) is 7.33. The fraction of sp³-hybridized carbons (Fsp3) is 0.400. The minimum absolute atomic E-state index is 0.0371. The van der Waals surface area contributed by atoms with Crippen molar-refractivity contribution >= 4 is 34.4 Å². The molecule has 1 fully saturated rings. The number of piperidine rings is 1. The van der Waals surface area contributed by atoms with E-state index >= 15 is 0 Å². The number of likely N-dealkylation sites (tertiary alicyclic amines) is 1. The predicted octanol–water partition coefficient (Wildman–Crippen LogP) is 3.59. The summed E-state index contributed by atoms with van der Waals surface area (Å²) in [5, 5.41) is 3.51. The van der Waals surface area contributed by atoms with Gasteiger partial charge in [-0.25, -0.2) is 4.79 Å². The highest BCUT2D eigenvalue weighted by Gasteiger charge is 2.25. The second-order valence-electron chi connectivity index (χ2n) is 6.64. The number of carbonyl (C=O) groups is 2. The van der Waals surface area contributed by atoms with Crippen LogP contribution in [0.3, 0.4) is 0 Å². The van der Waals surface area contributed by atoms with Gasteiger partial charge >= 0.3 is 6.09 Å². The van der Waals surface area contributed by atoms with Crippen LogP contribution < -0.4 is 5.32 Å². The number of furan rings is 1. The number of hydrogen-bond acceptors (Lipinski definition) is 5. The standard InChI is InChI=1S/C20H23ClN2O5S/c1-2-27-20(25)23-11-9-15(10-12-23)22-19(24)18-8-5-16(28-18)13-29(26)17-6-3-14(21)4-7-17/h3-8,15H,2,9-13H2,1H3,(H,22,24)/t29-/m1/s1. The molecule has 0 bridgehead atoms. The summed E-state index contributed by atoms with van der Waals surface area (Å²) in [6.45, 7) is 3.19. The molecule has 1 saturated heterocycles. The fourth-order valence-corrected chi connectivity index (χ4v) is 4.20. The van der Waals surface area contributed by atoms with E-state index in [4.69, 9.17) is 20.8 Å². The van der Waals surface area contributed by atoms with E-state index in [1.54, 1.807) is 48.2 Å². The molecule has 7 nitrogen and oxygen atoms in total. The molecule has 1 aliphatic rings. The average Bonchev–Trinajstić information content (AvgIpc) is 3.18. The van der Waals surface area contributed by atoms with E-state index in [0.29, 0.717) is 48.2 Å². The number of nitrogens with one attached hydrogen (secondary N) is 1. The van der Waals surface area contributed by atoms with Crippen LogP contribution in [-0.4, -0.2) is 46.8 Å². The van der Waals surface area contributed by atoms with E-state index < -0.39 is 10.8 Å². The largest absolute Gasteiger partial charge is 0.455 e. The topological polar surface area (TPSA) is 88.9 Å². The van der Waals surface area contributed by atoms with Crippen LogP contribution >= 0.6 is 11.6 Å². The van der Waals surface area contributed by atoms with Crippen molar-refractivity contribution < 1.29 is 23.0 Å². The van der Waals surface area contributed by atoms with Gasteiger partial charge in [0, 0.05) is 29.0 Å². The summed E-state index contributed by atoms with van der Waals surface area (Å²) in [7, 11) is -1.29. The van der Waals surface area contributed by atoms with Gasteiger partial charge in [-0.2, -0.15) is 0 Å². The van der Waals surface area contributed by atoms with Gasteiger partial charge in [0.2, 0.25) is 0 Å². The zero-order valence-electron chi connectivity index (χ0n) is 16.1. The van der Waals surface area contributed by atoms with E-state index in [1.807, 2.05) is 0 Å². The van der Waals surface area contributed by atoms with E-state index in [2.05, 4.69) is 5.32 Å². The number of hydrogen-bond donors (Lipinski definition) is 1. The lowest BCUT2D eigenvalue weighted by Gasteiger charge is -2.31. The minimum Gasteiger partial charge on any atom is -0.455 e. The molecule has 2 amide bonds. The van der Waals surface area contributed by atoms with Crippen LogP contribution in [0, 0.1) is 0 Å². The summed E-state index contributed by atoms with van der Waals surface area (Å²) in [4.78, 5) is 26.5. The summed E-state index contributed by atoms with van der Waals surface area (Å²) in [5.41, 5.74) is 0. The summed E-state index contributed by atoms with van der Waals surface area (Å²) < 4.78 is 23.0. The number of benzene rings is 1. The number of nitrogens with zero attached hydrogens (tertiary/aromatic N) is 1. The number of ether oxygens (including phenoxy) is 1. The first-order chi connectivity index (χ1) is 14.0. The maximum Gasteiger partial charge on any atom is 0.409 e. The van der Waals surface area contributed by atoms with Gasteiger partial charge in [0.15, 0.2) is 5.76 Å². The fourth-order valence-electron chi connectivity index (χ4n) is 3.05. The molecule has 29 heavy (non-hydrogen) atoms. The van der Waals surface area contributed by atoms with Gasteiger partial charge < -0.3 is 19.4 Å². The normalized spacial score (nSPS) is 15.7. The van der Waals surface area contributed by atoms with Gasteiger partial charge in [0.05, 0.1) is 23.2 Å². The highest BCUT2D eigenvalue weighted by atomic mass is 35.5. The maximum atomic E-state index is 12.4. The van der Waals surface area contributed by atoms with E-state index in [9.17, 15) is 13.8 Å². The molecule has 2 heterocycles. The Hall–Kier alpha value is -2.32. The van der Waals surface area contributed by atoms with Gasteiger partial charge in [-0.15, -0.1) is 0 Å². The number of amides is 2. The van der Waals surface area contributed by atoms with Crippen molar-refractivity contribution in [2.75, 3.05) is 19.7 Å². The van der Waals surface area contributed by atoms with Gasteiger partial charge in [0.1, 0.15) is 5.76 Å². The summed E-state index contributed by atoms with van der Waals surface area (Å²) in [6.07, 6.45) is 0.985. The molecule has 0 spiro atoms. The lowest BCUT2D eigenvalue weighted by atomic mass is 10.1. The Labute approximate surface area is 176 Å². The lowest BCUT2D eigenvalue weighted by Crippen LogP contribution is -2.46. The van der Waals surface area contributed by atoms with Crippen molar-refractivity contribution in [3.05, 3.63) is 52.9 Å². The van der Waals surface area contributed by atoms with Gasteiger partial charge in [-0.1, -0.05) is 11.6 Å². The first kappa shape index (κ1) is 21.4. The summed E-state index contributed by atoms with van der Waals surface area (Å²) in [5.74, 6) is 0.511. The van der Waals surface area contributed by atoms with E-state index in [0.717, 1.165) is 0 Å². The lowest BCUT2D eigenvalue weighted by molar-refractivity contribution is 0.0839. The molecule has 3 rings (SSSR count). The van der Waals surface area contributed by atoms with E-state index in [1.165, 1.54) is 0 Å². The molecule has 156 valence electrons. The average molecular weight is 439 g/mol. The highest BCUT2D eigenvalue weighted by molar-refractivity contribution is 7.84. The first-order valence-corrected chi connectivity index (χ1v) is 11.1. The Morgan fingerprint density at radius 1 is 1.21 bits per heavy atom. The second kappa shape index (κ2) is 9.93. The Morgan fingerprint density at radius 2 is 1.90 bits per heavy atom. The SMILES string of the molecule is CCOC(=O)N1CCC(NC(=O)c2ccc(C[S@@](=O)c3ccc(Cl)cc3)o2)CC1. The number of halogens is 1. The molecular formula is C20H23ClN2O5S. The maximum absolute atomic E-state index is 12.4. The van der Waals surface area contributed by atoms with Crippen LogP contribution in [0.25, 0.3) is 0 Å². The third-order valence-corrected chi connectivity index (χ3v) is 6.19. The quantitative estimate of drug-likeness (QED) is 0.744. The predicted molar refractivity (Wildman–Crippen MR) is 109 cm³/mol. The van der Waals surface area contributed by atoms with Crippen molar-refractivity contribution in [3.8, 4) is 0 Å². The molecule has 1 N–H and O–H groups in total. The number of rotatable bonds is 6. The van der Waals surface area contributed by atoms with Crippen molar-refractivity contribution in [1.29, 1.82) is 0 Å². The Morgan fingerprint density at radius 3 is 2.55 bits per heavy atom. The van der Waals surface area contributed by atoms with Crippen LogP contribution in [0.4, 0.5) is 4.79 Å². The van der Waals surface area contributed by atoms with Crippen LogP contribution in [0.1, 0.15) is 36.1 Å². The molecule has 1 aromatic carbocycles. The molecule has 1 atom stereocenters. The smallest absolute Gasteiger partial charge is 0.409 e. The van der Waals surface area contributed by atoms with Gasteiger partial charge in [-0.05, 0) is 56.2 Å². The van der Waals surface area contributed by atoms with Crippen LogP contribution in [0.15, 0.2) is 45.7 Å². The molecule has 0 saturated carbocycles. The molecule has 0 radical (unpaired) electrons.